The van der Waals surface area contributed by atoms with E-state index in [0.717, 1.165) is 0 Å². The van der Waals surface area contributed by atoms with Crippen molar-refractivity contribution < 1.29 is 9.47 Å². The Bertz CT molecular complexity index is 342. The van der Waals surface area contributed by atoms with Crippen molar-refractivity contribution in [2.24, 2.45) is 0 Å². The van der Waals surface area contributed by atoms with Gasteiger partial charge in [0.05, 0.1) is 7.11 Å². The summed E-state index contributed by atoms with van der Waals surface area (Å²) in [6.45, 7) is 1.63. The molecule has 0 spiro atoms. The monoisotopic (exact) mass is 164 g/mol. The summed E-state index contributed by atoms with van der Waals surface area (Å²) in [5.41, 5.74) is 0.477. The minimum absolute atomic E-state index is 0.00231. The normalized spacial score (nSPS) is 9.08. The molecule has 1 heterocycles. The molecule has 62 valence electrons. The Hall–Kier alpha value is -1.76. The van der Waals surface area contributed by atoms with Gasteiger partial charge in [-0.25, -0.2) is 0 Å². The van der Waals surface area contributed by atoms with Gasteiger partial charge in [-0.1, -0.05) is 0 Å². The molecule has 1 rings (SSSR count). The minimum Gasteiger partial charge on any atom is -0.617 e. The third-order valence-corrected chi connectivity index (χ3v) is 1.56. The standard InChI is InChI=1S/C8H8N2O2/c1-6-3-4-8(12-2)7(5-9)10(6)11/h3-4H,1-2H3. The molecule has 0 aliphatic carbocycles. The van der Waals surface area contributed by atoms with E-state index in [1.807, 2.05) is 0 Å². The average molecular weight is 164 g/mol. The van der Waals surface area contributed by atoms with Crippen LogP contribution in [0.15, 0.2) is 12.1 Å². The number of hydrogen-bond donors (Lipinski definition) is 0. The van der Waals surface area contributed by atoms with E-state index >= 15 is 0 Å². The fourth-order valence-electron chi connectivity index (χ4n) is 0.885. The van der Waals surface area contributed by atoms with Crippen LogP contribution in [0.3, 0.4) is 0 Å². The first-order chi connectivity index (χ1) is 5.70. The Morgan fingerprint density at radius 1 is 1.58 bits per heavy atom. The summed E-state index contributed by atoms with van der Waals surface area (Å²) < 4.78 is 5.38. The highest BCUT2D eigenvalue weighted by molar-refractivity contribution is 5.33. The van der Waals surface area contributed by atoms with Crippen LogP contribution in [-0.2, 0) is 0 Å². The third-order valence-electron chi connectivity index (χ3n) is 1.56. The highest BCUT2D eigenvalue weighted by Gasteiger charge is 2.14. The summed E-state index contributed by atoms with van der Waals surface area (Å²) in [4.78, 5) is 0. The van der Waals surface area contributed by atoms with Gasteiger partial charge in [0.1, 0.15) is 0 Å². The van der Waals surface area contributed by atoms with Crippen LogP contribution in [0.5, 0.6) is 5.75 Å². The van der Waals surface area contributed by atoms with Crippen LogP contribution in [0.1, 0.15) is 11.4 Å². The average Bonchev–Trinajstić information content (AvgIpc) is 2.09. The van der Waals surface area contributed by atoms with E-state index in [0.29, 0.717) is 16.2 Å². The van der Waals surface area contributed by atoms with Crippen LogP contribution in [0.2, 0.25) is 0 Å². The molecule has 4 nitrogen and oxygen atoms in total. The smallest absolute Gasteiger partial charge is 0.337 e. The molecule has 0 amide bonds. The van der Waals surface area contributed by atoms with Crippen LogP contribution in [-0.4, -0.2) is 7.11 Å². The van der Waals surface area contributed by atoms with Gasteiger partial charge in [-0.05, 0) is 6.07 Å². The van der Waals surface area contributed by atoms with Crippen molar-refractivity contribution in [2.75, 3.05) is 7.11 Å². The molecule has 1 aromatic heterocycles. The molecule has 0 bridgehead atoms. The zero-order valence-corrected chi connectivity index (χ0v) is 6.87. The van der Waals surface area contributed by atoms with Gasteiger partial charge in [-0.15, -0.1) is 0 Å². The zero-order valence-electron chi connectivity index (χ0n) is 6.87. The van der Waals surface area contributed by atoms with Crippen LogP contribution >= 0.6 is 0 Å². The molecule has 0 saturated carbocycles. The summed E-state index contributed by atoms with van der Waals surface area (Å²) in [6.07, 6.45) is 0. The maximum atomic E-state index is 11.2. The number of hydrogen-bond acceptors (Lipinski definition) is 3. The molecule has 0 saturated heterocycles. The number of aromatic nitrogens is 1. The van der Waals surface area contributed by atoms with Crippen LogP contribution < -0.4 is 9.47 Å². The van der Waals surface area contributed by atoms with Gasteiger partial charge >= 0.3 is 5.69 Å². The molecule has 0 N–H and O–H groups in total. The lowest BCUT2D eigenvalue weighted by molar-refractivity contribution is -0.615. The summed E-state index contributed by atoms with van der Waals surface area (Å²) in [7, 11) is 1.42. The summed E-state index contributed by atoms with van der Waals surface area (Å²) in [5, 5.41) is 19.8. The highest BCUT2D eigenvalue weighted by Crippen LogP contribution is 2.12. The Morgan fingerprint density at radius 2 is 2.25 bits per heavy atom. The first-order valence-electron chi connectivity index (χ1n) is 3.38. The van der Waals surface area contributed by atoms with Crippen LogP contribution in [0, 0.1) is 23.5 Å². The molecule has 0 fully saturated rings. The lowest BCUT2D eigenvalue weighted by atomic mass is 10.3. The molecule has 0 atom stereocenters. The first kappa shape index (κ1) is 8.34. The first-order valence-corrected chi connectivity index (χ1v) is 3.38. The predicted molar refractivity (Wildman–Crippen MR) is 41.4 cm³/mol. The van der Waals surface area contributed by atoms with Gasteiger partial charge in [0.2, 0.25) is 5.75 Å². The fourth-order valence-corrected chi connectivity index (χ4v) is 0.885. The maximum Gasteiger partial charge on any atom is 0.337 e. The number of methoxy groups -OCH3 is 1. The number of ether oxygens (including phenoxy) is 1. The molecular weight excluding hydrogens is 156 g/mol. The van der Waals surface area contributed by atoms with E-state index in [4.69, 9.17) is 10.00 Å². The quantitative estimate of drug-likeness (QED) is 0.448. The van der Waals surface area contributed by atoms with Gasteiger partial charge in [0.15, 0.2) is 11.8 Å². The second-order valence-electron chi connectivity index (χ2n) is 2.30. The molecule has 0 radical (unpaired) electrons. The molecule has 12 heavy (non-hydrogen) atoms. The summed E-state index contributed by atoms with van der Waals surface area (Å²) in [6, 6.07) is 4.98. The highest BCUT2D eigenvalue weighted by atomic mass is 16.5. The third kappa shape index (κ3) is 1.17. The Kier molecular flexibility index (Phi) is 2.15. The van der Waals surface area contributed by atoms with Gasteiger partial charge in [0, 0.05) is 13.0 Å². The van der Waals surface area contributed by atoms with Crippen molar-refractivity contribution in [3.63, 3.8) is 0 Å². The lowest BCUT2D eigenvalue weighted by Crippen LogP contribution is -2.34. The van der Waals surface area contributed by atoms with Crippen molar-refractivity contribution in [1.29, 1.82) is 5.26 Å². The Labute approximate surface area is 70.2 Å². The van der Waals surface area contributed by atoms with E-state index in [9.17, 15) is 5.21 Å². The number of rotatable bonds is 1. The second-order valence-corrected chi connectivity index (χ2v) is 2.30. The largest absolute Gasteiger partial charge is 0.617 e. The van der Waals surface area contributed by atoms with E-state index in [1.165, 1.54) is 7.11 Å². The van der Waals surface area contributed by atoms with E-state index in [1.54, 1.807) is 25.1 Å². The number of pyridine rings is 1. The lowest BCUT2D eigenvalue weighted by Gasteiger charge is -2.04. The number of nitrogens with zero attached hydrogens (tertiary/aromatic N) is 2. The zero-order chi connectivity index (χ0) is 9.14. The van der Waals surface area contributed by atoms with Crippen molar-refractivity contribution >= 4 is 0 Å². The summed E-state index contributed by atoms with van der Waals surface area (Å²) in [5.74, 6) is 0.304. The van der Waals surface area contributed by atoms with Crippen molar-refractivity contribution in [3.05, 3.63) is 28.7 Å². The van der Waals surface area contributed by atoms with E-state index in [-0.39, 0.29) is 5.69 Å². The molecule has 1 aromatic rings. The SMILES string of the molecule is COc1ccc(C)[n+]([O-])c1C#N. The van der Waals surface area contributed by atoms with Gasteiger partial charge < -0.3 is 9.94 Å². The van der Waals surface area contributed by atoms with Gasteiger partial charge in [0.25, 0.3) is 0 Å². The predicted octanol–water partition coefficient (Wildman–Crippen LogP) is 0.509. The number of nitriles is 1. The van der Waals surface area contributed by atoms with Crippen LogP contribution in [0.25, 0.3) is 0 Å². The Balaban J connectivity index is 3.38. The molecule has 0 aliphatic rings. The molecule has 0 unspecified atom stereocenters. The maximum absolute atomic E-state index is 11.2. The van der Waals surface area contributed by atoms with Gasteiger partial charge in [-0.2, -0.15) is 9.99 Å². The van der Waals surface area contributed by atoms with Crippen molar-refractivity contribution in [2.45, 2.75) is 6.92 Å². The molecule has 0 aliphatic heterocycles. The minimum atomic E-state index is -0.00231. The molecule has 4 heteroatoms. The van der Waals surface area contributed by atoms with E-state index in [2.05, 4.69) is 0 Å². The second kappa shape index (κ2) is 3.09. The number of aryl methyl sites for hydroxylation is 1. The molecule has 0 aromatic carbocycles. The molecular formula is C8H8N2O2. The van der Waals surface area contributed by atoms with Crippen molar-refractivity contribution in [1.82, 2.24) is 0 Å². The topological polar surface area (TPSA) is 60.0 Å². The van der Waals surface area contributed by atoms with Crippen LogP contribution in [0.4, 0.5) is 0 Å². The van der Waals surface area contributed by atoms with Crippen molar-refractivity contribution in [3.8, 4) is 11.8 Å². The fraction of sp³-hybridized carbons (Fsp3) is 0.250. The van der Waals surface area contributed by atoms with Gasteiger partial charge in [-0.3, -0.25) is 0 Å². The van der Waals surface area contributed by atoms with E-state index < -0.39 is 0 Å². The summed E-state index contributed by atoms with van der Waals surface area (Å²) >= 11 is 0. The Morgan fingerprint density at radius 3 is 2.75 bits per heavy atom.